The maximum Gasteiger partial charge on any atom is 0.146 e. The minimum atomic E-state index is -0.329. The first-order chi connectivity index (χ1) is 13.7. The maximum absolute atomic E-state index is 13.4. The molecule has 0 bridgehead atoms. The Bertz CT molecular complexity index is 1050. The number of carbonyl (C=O) groups is 1. The Hall–Kier alpha value is -2.97. The summed E-state index contributed by atoms with van der Waals surface area (Å²) in [5, 5.41) is 10.3. The van der Waals surface area contributed by atoms with Crippen molar-refractivity contribution in [2.75, 3.05) is 5.75 Å². The Morgan fingerprint density at radius 3 is 2.46 bits per heavy atom. The Morgan fingerprint density at radius 2 is 1.82 bits per heavy atom. The molecule has 0 N–H and O–H groups in total. The van der Waals surface area contributed by atoms with E-state index in [1.165, 1.54) is 23.9 Å². The third-order valence-electron chi connectivity index (χ3n) is 4.71. The number of ketones is 1. The molecule has 1 saturated carbocycles. The highest BCUT2D eigenvalue weighted by Gasteiger charge is 2.29. The smallest absolute Gasteiger partial charge is 0.146 e. The zero-order chi connectivity index (χ0) is 19.5. The molecule has 0 spiro atoms. The van der Waals surface area contributed by atoms with Gasteiger partial charge in [0.15, 0.2) is 0 Å². The molecule has 3 nitrogen and oxygen atoms in total. The maximum atomic E-state index is 13.4. The van der Waals surface area contributed by atoms with Gasteiger partial charge in [-0.15, -0.1) is 0 Å². The lowest BCUT2D eigenvalue weighted by molar-refractivity contribution is -0.117. The van der Waals surface area contributed by atoms with Crippen LogP contribution in [0.1, 0.15) is 18.4 Å². The molecular weight excluding hydrogens is 371 g/mol. The third kappa shape index (κ3) is 3.97. The first-order valence-electron chi connectivity index (χ1n) is 9.07. The lowest BCUT2D eigenvalue weighted by Crippen LogP contribution is -2.05. The van der Waals surface area contributed by atoms with Crippen LogP contribution in [0.15, 0.2) is 65.7 Å². The number of nitriles is 1. The standard InChI is InChI=1S/C23H17FN2OS/c24-18-10-8-15(9-11-18)19-12-21(16-4-2-1-3-5-16)26-23(20(19)13-25)28-14-22(27)17-6-7-17/h1-5,8-12,17H,6-7,14H2. The van der Waals surface area contributed by atoms with E-state index >= 15 is 0 Å². The number of rotatable bonds is 6. The Kier molecular flexibility index (Phi) is 5.23. The van der Waals surface area contributed by atoms with E-state index in [0.29, 0.717) is 21.9 Å². The molecule has 0 radical (unpaired) electrons. The van der Waals surface area contributed by atoms with Crippen LogP contribution in [0.5, 0.6) is 0 Å². The number of pyridine rings is 1. The van der Waals surface area contributed by atoms with Crippen LogP contribution in [0.25, 0.3) is 22.4 Å². The fourth-order valence-electron chi connectivity index (χ4n) is 3.01. The summed E-state index contributed by atoms with van der Waals surface area (Å²) in [5.41, 5.74) is 3.50. The number of carbonyl (C=O) groups excluding carboxylic acids is 1. The largest absolute Gasteiger partial charge is 0.298 e. The van der Waals surface area contributed by atoms with Crippen LogP contribution in [0, 0.1) is 23.1 Å². The van der Waals surface area contributed by atoms with E-state index < -0.39 is 0 Å². The minimum Gasteiger partial charge on any atom is -0.298 e. The van der Waals surface area contributed by atoms with Crippen molar-refractivity contribution in [2.45, 2.75) is 17.9 Å². The summed E-state index contributed by atoms with van der Waals surface area (Å²) >= 11 is 1.31. The van der Waals surface area contributed by atoms with Gasteiger partial charge in [-0.05, 0) is 36.6 Å². The van der Waals surface area contributed by atoms with Crippen molar-refractivity contribution >= 4 is 17.5 Å². The normalized spacial score (nSPS) is 13.1. The molecule has 1 aromatic heterocycles. The molecule has 1 aliphatic rings. The van der Waals surface area contributed by atoms with Gasteiger partial charge in [0, 0.05) is 17.0 Å². The molecule has 0 aliphatic heterocycles. The Labute approximate surface area is 167 Å². The molecule has 3 aromatic rings. The van der Waals surface area contributed by atoms with Gasteiger partial charge in [0.05, 0.1) is 17.0 Å². The molecule has 0 saturated heterocycles. The van der Waals surface area contributed by atoms with Gasteiger partial charge in [-0.3, -0.25) is 4.79 Å². The van der Waals surface area contributed by atoms with Crippen molar-refractivity contribution in [2.24, 2.45) is 5.92 Å². The summed E-state index contributed by atoms with van der Waals surface area (Å²) in [5.74, 6) is 0.369. The van der Waals surface area contributed by atoms with Gasteiger partial charge >= 0.3 is 0 Å². The van der Waals surface area contributed by atoms with E-state index in [1.54, 1.807) is 12.1 Å². The molecule has 138 valence electrons. The zero-order valence-corrected chi connectivity index (χ0v) is 15.9. The quantitative estimate of drug-likeness (QED) is 0.524. The highest BCUT2D eigenvalue weighted by atomic mass is 32.2. The van der Waals surface area contributed by atoms with Gasteiger partial charge in [-0.1, -0.05) is 54.2 Å². The predicted molar refractivity (Wildman–Crippen MR) is 108 cm³/mol. The number of hydrogen-bond donors (Lipinski definition) is 0. The number of Topliss-reactive ketones (excluding diaryl/α,β-unsaturated/α-hetero) is 1. The van der Waals surface area contributed by atoms with E-state index in [0.717, 1.165) is 29.7 Å². The van der Waals surface area contributed by atoms with Crippen LogP contribution in [-0.2, 0) is 4.79 Å². The molecule has 0 amide bonds. The van der Waals surface area contributed by atoms with E-state index in [9.17, 15) is 14.4 Å². The topological polar surface area (TPSA) is 53.8 Å². The first-order valence-corrected chi connectivity index (χ1v) is 10.1. The summed E-state index contributed by atoms with van der Waals surface area (Å²) < 4.78 is 13.4. The summed E-state index contributed by atoms with van der Waals surface area (Å²) in [4.78, 5) is 16.8. The average Bonchev–Trinajstić information content (AvgIpc) is 3.58. The van der Waals surface area contributed by atoms with Crippen LogP contribution in [-0.4, -0.2) is 16.5 Å². The second-order valence-corrected chi connectivity index (χ2v) is 7.71. The molecular formula is C23H17FN2OS. The van der Waals surface area contributed by atoms with E-state index in [4.69, 9.17) is 0 Å². The molecule has 0 atom stereocenters. The highest BCUT2D eigenvalue weighted by molar-refractivity contribution is 8.00. The van der Waals surface area contributed by atoms with Crippen molar-refractivity contribution in [1.82, 2.24) is 4.98 Å². The number of halogens is 1. The number of benzene rings is 2. The van der Waals surface area contributed by atoms with Crippen LogP contribution >= 0.6 is 11.8 Å². The van der Waals surface area contributed by atoms with Crippen molar-refractivity contribution in [3.8, 4) is 28.5 Å². The van der Waals surface area contributed by atoms with Gasteiger partial charge < -0.3 is 0 Å². The van der Waals surface area contributed by atoms with Crippen molar-refractivity contribution < 1.29 is 9.18 Å². The van der Waals surface area contributed by atoms with Crippen LogP contribution in [0.3, 0.4) is 0 Å². The lowest BCUT2D eigenvalue weighted by Gasteiger charge is -2.12. The first kappa shape index (κ1) is 18.4. The number of nitrogens with zero attached hydrogens (tertiary/aromatic N) is 2. The second-order valence-electron chi connectivity index (χ2n) is 6.75. The summed E-state index contributed by atoms with van der Waals surface area (Å²) in [6.07, 6.45) is 1.92. The molecule has 1 aliphatic carbocycles. The van der Waals surface area contributed by atoms with Crippen molar-refractivity contribution in [3.05, 3.63) is 72.0 Å². The Morgan fingerprint density at radius 1 is 1.11 bits per heavy atom. The highest BCUT2D eigenvalue weighted by Crippen LogP contribution is 2.36. The fraction of sp³-hybridized carbons (Fsp3) is 0.174. The summed E-state index contributed by atoms with van der Waals surface area (Å²) in [7, 11) is 0. The number of hydrogen-bond acceptors (Lipinski definition) is 4. The predicted octanol–water partition coefficient (Wildman–Crippen LogP) is 5.50. The number of thioether (sulfide) groups is 1. The van der Waals surface area contributed by atoms with E-state index in [2.05, 4.69) is 11.1 Å². The molecule has 1 fully saturated rings. The van der Waals surface area contributed by atoms with Crippen molar-refractivity contribution in [3.63, 3.8) is 0 Å². The molecule has 4 rings (SSSR count). The minimum absolute atomic E-state index is 0.173. The summed E-state index contributed by atoms with van der Waals surface area (Å²) in [6.45, 7) is 0. The van der Waals surface area contributed by atoms with Crippen LogP contribution < -0.4 is 0 Å². The van der Waals surface area contributed by atoms with Gasteiger partial charge in [0.1, 0.15) is 22.7 Å². The second kappa shape index (κ2) is 7.95. The molecule has 0 unspecified atom stereocenters. The molecule has 28 heavy (non-hydrogen) atoms. The van der Waals surface area contributed by atoms with Gasteiger partial charge in [0.25, 0.3) is 0 Å². The van der Waals surface area contributed by atoms with Gasteiger partial charge in [-0.2, -0.15) is 5.26 Å². The Balaban J connectivity index is 1.80. The van der Waals surface area contributed by atoms with E-state index in [-0.39, 0.29) is 17.5 Å². The molecule has 5 heteroatoms. The lowest BCUT2D eigenvalue weighted by atomic mass is 9.99. The number of aromatic nitrogens is 1. The third-order valence-corrected chi connectivity index (χ3v) is 5.70. The van der Waals surface area contributed by atoms with Crippen molar-refractivity contribution in [1.29, 1.82) is 5.26 Å². The zero-order valence-electron chi connectivity index (χ0n) is 15.1. The van der Waals surface area contributed by atoms with Crippen LogP contribution in [0.4, 0.5) is 4.39 Å². The molecule has 2 aromatic carbocycles. The van der Waals surface area contributed by atoms with Gasteiger partial charge in [-0.25, -0.2) is 9.37 Å². The molecule has 1 heterocycles. The SMILES string of the molecule is N#Cc1c(-c2ccc(F)cc2)cc(-c2ccccc2)nc1SCC(=O)C1CC1. The van der Waals surface area contributed by atoms with Crippen LogP contribution in [0.2, 0.25) is 0 Å². The average molecular weight is 388 g/mol. The monoisotopic (exact) mass is 388 g/mol. The summed E-state index contributed by atoms with van der Waals surface area (Å²) in [6, 6.07) is 19.8. The van der Waals surface area contributed by atoms with E-state index in [1.807, 2.05) is 36.4 Å². The van der Waals surface area contributed by atoms with Gasteiger partial charge in [0.2, 0.25) is 0 Å². The fourth-order valence-corrected chi connectivity index (χ4v) is 3.99.